The number of hydrogen-bond donors (Lipinski definition) is 1. The van der Waals surface area contributed by atoms with Crippen LogP contribution in [0.3, 0.4) is 0 Å². The Morgan fingerprint density at radius 3 is 2.71 bits per heavy atom. The van der Waals surface area contributed by atoms with E-state index in [0.29, 0.717) is 28.5 Å². The van der Waals surface area contributed by atoms with E-state index in [2.05, 4.69) is 15.2 Å². The second-order valence-electron chi connectivity index (χ2n) is 7.99. The fraction of sp³-hybridized carbons (Fsp3) is 0.524. The minimum Gasteiger partial charge on any atom is -0.449 e. The minimum atomic E-state index is -1.18. The van der Waals surface area contributed by atoms with Crippen molar-refractivity contribution in [1.29, 1.82) is 0 Å². The van der Waals surface area contributed by atoms with E-state index in [0.717, 1.165) is 13.0 Å². The first-order valence-corrected chi connectivity index (χ1v) is 9.94. The topological polar surface area (TPSA) is 71.8 Å². The number of nitrogens with one attached hydrogen (secondary N) is 1. The SMILES string of the molecule is CN1CCC(C2CCCCC2)C1C(=O)Nc1ccc2oc(C(=O)OF)cc2c1. The second kappa shape index (κ2) is 7.91. The molecule has 2 unspecified atom stereocenters. The molecule has 1 N–H and O–H groups in total. The molecule has 0 bridgehead atoms. The lowest BCUT2D eigenvalue weighted by molar-refractivity contribution is -0.121. The van der Waals surface area contributed by atoms with E-state index >= 15 is 0 Å². The number of nitrogens with zero attached hydrogens (tertiary/aromatic N) is 1. The maximum atomic E-state index is 13.1. The Morgan fingerprint density at radius 2 is 1.96 bits per heavy atom. The van der Waals surface area contributed by atoms with Crippen molar-refractivity contribution < 1.29 is 23.5 Å². The van der Waals surface area contributed by atoms with Crippen molar-refractivity contribution in [3.8, 4) is 0 Å². The molecule has 2 aromatic rings. The molecule has 1 aromatic carbocycles. The summed E-state index contributed by atoms with van der Waals surface area (Å²) < 4.78 is 17.3. The normalized spacial score (nSPS) is 23.8. The van der Waals surface area contributed by atoms with Gasteiger partial charge in [0, 0.05) is 15.6 Å². The van der Waals surface area contributed by atoms with E-state index in [1.165, 1.54) is 38.2 Å². The summed E-state index contributed by atoms with van der Waals surface area (Å²) in [4.78, 5) is 29.7. The number of furan rings is 1. The van der Waals surface area contributed by atoms with Gasteiger partial charge < -0.3 is 9.73 Å². The van der Waals surface area contributed by atoms with Crippen molar-refractivity contribution in [3.63, 3.8) is 0 Å². The lowest BCUT2D eigenvalue weighted by Gasteiger charge is -2.32. The zero-order valence-corrected chi connectivity index (χ0v) is 15.9. The van der Waals surface area contributed by atoms with Gasteiger partial charge in [-0.2, -0.15) is 0 Å². The molecule has 0 spiro atoms. The van der Waals surface area contributed by atoms with Gasteiger partial charge in [0.1, 0.15) is 5.58 Å². The average Bonchev–Trinajstić information content (AvgIpc) is 3.31. The maximum absolute atomic E-state index is 13.1. The second-order valence-corrected chi connectivity index (χ2v) is 7.99. The molecule has 1 aromatic heterocycles. The minimum absolute atomic E-state index is 0.00168. The Bertz CT molecular complexity index is 874. The van der Waals surface area contributed by atoms with Crippen LogP contribution in [0.2, 0.25) is 0 Å². The maximum Gasteiger partial charge on any atom is 0.414 e. The smallest absolute Gasteiger partial charge is 0.414 e. The van der Waals surface area contributed by atoms with Crippen LogP contribution in [0, 0.1) is 11.8 Å². The van der Waals surface area contributed by atoms with Crippen molar-refractivity contribution in [3.05, 3.63) is 30.0 Å². The molecule has 150 valence electrons. The molecule has 2 heterocycles. The molecule has 4 rings (SSSR count). The number of benzene rings is 1. The summed E-state index contributed by atoms with van der Waals surface area (Å²) in [5.41, 5.74) is 1.05. The summed E-state index contributed by atoms with van der Waals surface area (Å²) in [7, 11) is 2.02. The molecule has 1 amide bonds. The number of carbonyl (C=O) groups is 2. The molecular formula is C21H25FN2O4. The molecule has 28 heavy (non-hydrogen) atoms. The standard InChI is InChI=1S/C21H25FN2O4/c1-24-10-9-16(13-5-3-2-4-6-13)19(24)20(25)23-15-7-8-17-14(11-15)12-18(27-17)21(26)28-22/h7-8,11-13,16,19H,2-6,9-10H2,1H3,(H,23,25). The van der Waals surface area contributed by atoms with Crippen LogP contribution in [0.5, 0.6) is 0 Å². The van der Waals surface area contributed by atoms with Crippen molar-refractivity contribution in [1.82, 2.24) is 4.90 Å². The van der Waals surface area contributed by atoms with E-state index in [1.807, 2.05) is 7.05 Å². The molecule has 2 aliphatic rings. The largest absolute Gasteiger partial charge is 0.449 e. The highest BCUT2D eigenvalue weighted by molar-refractivity contribution is 5.98. The Labute approximate surface area is 162 Å². The third-order valence-electron chi connectivity index (χ3n) is 6.27. The van der Waals surface area contributed by atoms with Crippen molar-refractivity contribution in [2.75, 3.05) is 18.9 Å². The van der Waals surface area contributed by atoms with Crippen LogP contribution < -0.4 is 5.32 Å². The van der Waals surface area contributed by atoms with Crippen molar-refractivity contribution in [2.24, 2.45) is 11.8 Å². The summed E-state index contributed by atoms with van der Waals surface area (Å²) in [5.74, 6) is -0.366. The number of anilines is 1. The van der Waals surface area contributed by atoms with Gasteiger partial charge in [-0.05, 0) is 56.1 Å². The van der Waals surface area contributed by atoms with Gasteiger partial charge in [0.2, 0.25) is 11.7 Å². The van der Waals surface area contributed by atoms with Crippen molar-refractivity contribution in [2.45, 2.75) is 44.6 Å². The summed E-state index contributed by atoms with van der Waals surface area (Å²) >= 11 is 0. The predicted octanol–water partition coefficient (Wildman–Crippen LogP) is 4.31. The monoisotopic (exact) mass is 388 g/mol. The average molecular weight is 388 g/mol. The zero-order chi connectivity index (χ0) is 19.7. The number of fused-ring (bicyclic) bond motifs is 1. The first kappa shape index (κ1) is 18.9. The van der Waals surface area contributed by atoms with Gasteiger partial charge in [0.05, 0.1) is 6.04 Å². The van der Waals surface area contributed by atoms with E-state index < -0.39 is 5.97 Å². The third kappa shape index (κ3) is 3.63. The highest BCUT2D eigenvalue weighted by Gasteiger charge is 2.41. The van der Waals surface area contributed by atoms with Crippen LogP contribution in [0.4, 0.5) is 10.2 Å². The van der Waals surface area contributed by atoms with Crippen LogP contribution in [0.25, 0.3) is 11.0 Å². The lowest BCUT2D eigenvalue weighted by atomic mass is 9.76. The Balaban J connectivity index is 1.50. The number of hydrogen-bond acceptors (Lipinski definition) is 5. The first-order valence-electron chi connectivity index (χ1n) is 9.94. The first-order chi connectivity index (χ1) is 13.6. The van der Waals surface area contributed by atoms with Crippen molar-refractivity contribution >= 4 is 28.5 Å². The summed E-state index contributed by atoms with van der Waals surface area (Å²) in [6, 6.07) is 6.37. The molecule has 1 saturated carbocycles. The number of rotatable bonds is 4. The van der Waals surface area contributed by atoms with Crippen LogP contribution >= 0.6 is 0 Å². The fourth-order valence-corrected chi connectivity index (χ4v) is 4.90. The van der Waals surface area contributed by atoms with Gasteiger partial charge in [-0.25, -0.2) is 9.74 Å². The summed E-state index contributed by atoms with van der Waals surface area (Å²) in [6.45, 7) is 0.939. The highest BCUT2D eigenvalue weighted by atomic mass is 19.3. The molecule has 2 fully saturated rings. The Kier molecular flexibility index (Phi) is 5.35. The molecule has 2 atom stereocenters. The quantitative estimate of drug-likeness (QED) is 0.845. The number of carbonyl (C=O) groups excluding carboxylic acids is 2. The van der Waals surface area contributed by atoms with Gasteiger partial charge in [0.25, 0.3) is 0 Å². The van der Waals surface area contributed by atoms with Crippen LogP contribution in [-0.2, 0) is 9.74 Å². The fourth-order valence-electron chi connectivity index (χ4n) is 4.90. The van der Waals surface area contributed by atoms with Gasteiger partial charge in [-0.3, -0.25) is 9.69 Å². The molecule has 6 nitrogen and oxygen atoms in total. The number of likely N-dealkylation sites (N-methyl/N-ethyl adjacent to an activating group) is 1. The Morgan fingerprint density at radius 1 is 1.18 bits per heavy atom. The zero-order valence-electron chi connectivity index (χ0n) is 15.9. The van der Waals surface area contributed by atoms with Gasteiger partial charge in [0.15, 0.2) is 0 Å². The molecule has 1 saturated heterocycles. The molecule has 1 aliphatic carbocycles. The van der Waals surface area contributed by atoms with Crippen LogP contribution in [-0.4, -0.2) is 36.4 Å². The Hall–Kier alpha value is -2.41. The molecular weight excluding hydrogens is 363 g/mol. The van der Waals surface area contributed by atoms with Gasteiger partial charge in [-0.15, -0.1) is 0 Å². The van der Waals surface area contributed by atoms with E-state index in [-0.39, 0.29) is 17.7 Å². The number of amides is 1. The lowest BCUT2D eigenvalue weighted by Crippen LogP contribution is -2.43. The molecule has 1 aliphatic heterocycles. The van der Waals surface area contributed by atoms with Gasteiger partial charge in [-0.1, -0.05) is 32.1 Å². The number of likely N-dealkylation sites (tertiary alicyclic amines) is 1. The third-order valence-corrected chi connectivity index (χ3v) is 6.27. The highest BCUT2D eigenvalue weighted by Crippen LogP contribution is 2.38. The molecule has 7 heteroatoms. The van der Waals surface area contributed by atoms with Crippen LogP contribution in [0.1, 0.15) is 49.1 Å². The van der Waals surface area contributed by atoms with E-state index in [9.17, 15) is 14.1 Å². The number of halogens is 1. The summed E-state index contributed by atoms with van der Waals surface area (Å²) in [6.07, 6.45) is 7.33. The van der Waals surface area contributed by atoms with E-state index in [1.54, 1.807) is 18.2 Å². The molecule has 0 radical (unpaired) electrons. The van der Waals surface area contributed by atoms with Crippen LogP contribution in [0.15, 0.2) is 28.7 Å². The predicted molar refractivity (Wildman–Crippen MR) is 102 cm³/mol. The summed E-state index contributed by atoms with van der Waals surface area (Å²) in [5, 5.41) is 3.61. The van der Waals surface area contributed by atoms with E-state index in [4.69, 9.17) is 4.42 Å². The van der Waals surface area contributed by atoms with Gasteiger partial charge >= 0.3 is 5.97 Å².